The van der Waals surface area contributed by atoms with Crippen molar-refractivity contribution in [3.05, 3.63) is 12.7 Å². The fourth-order valence-corrected chi connectivity index (χ4v) is 1.08. The van der Waals surface area contributed by atoms with Crippen LogP contribution in [0.15, 0.2) is 12.7 Å². The number of rotatable bonds is 6. The lowest BCUT2D eigenvalue weighted by Gasteiger charge is -2.23. The van der Waals surface area contributed by atoms with E-state index in [9.17, 15) is 14.4 Å². The van der Waals surface area contributed by atoms with Gasteiger partial charge in [0.05, 0.1) is 0 Å². The highest BCUT2D eigenvalue weighted by Crippen LogP contribution is 2.08. The molecule has 0 radical (unpaired) electrons. The molecule has 0 aliphatic carbocycles. The third kappa shape index (κ3) is 7.10. The standard InChI is InChI=1S/C11H16O6/c1-5-10(16-8(3)13)11(17-9(4)14)6-15-7(2)12/h5,10-11H,1,6H2,2-4H3. The molecule has 6 nitrogen and oxygen atoms in total. The fraction of sp³-hybridized carbons (Fsp3) is 0.545. The summed E-state index contributed by atoms with van der Waals surface area (Å²) in [4.78, 5) is 32.4. The largest absolute Gasteiger partial charge is 0.462 e. The van der Waals surface area contributed by atoms with E-state index in [0.717, 1.165) is 0 Å². The molecule has 0 aromatic heterocycles. The fourth-order valence-electron chi connectivity index (χ4n) is 1.08. The second kappa shape index (κ2) is 7.43. The quantitative estimate of drug-likeness (QED) is 0.386. The van der Waals surface area contributed by atoms with E-state index in [1.807, 2.05) is 0 Å². The molecule has 6 heteroatoms. The first-order valence-electron chi connectivity index (χ1n) is 4.97. The molecule has 2 unspecified atom stereocenters. The van der Waals surface area contributed by atoms with Crippen LogP contribution in [-0.2, 0) is 28.6 Å². The summed E-state index contributed by atoms with van der Waals surface area (Å²) in [5.41, 5.74) is 0. The van der Waals surface area contributed by atoms with Crippen LogP contribution in [0.4, 0.5) is 0 Å². The predicted molar refractivity (Wildman–Crippen MR) is 57.9 cm³/mol. The number of esters is 3. The summed E-state index contributed by atoms with van der Waals surface area (Å²) in [6.45, 7) is 6.91. The smallest absolute Gasteiger partial charge is 0.303 e. The average molecular weight is 244 g/mol. The molecule has 0 aromatic rings. The van der Waals surface area contributed by atoms with Crippen LogP contribution < -0.4 is 0 Å². The Kier molecular flexibility index (Phi) is 6.62. The summed E-state index contributed by atoms with van der Waals surface area (Å²) in [7, 11) is 0. The van der Waals surface area contributed by atoms with Gasteiger partial charge in [-0.15, -0.1) is 0 Å². The Bertz CT molecular complexity index is 309. The molecule has 0 bridgehead atoms. The third-order valence-corrected chi connectivity index (χ3v) is 1.67. The Morgan fingerprint density at radius 2 is 1.59 bits per heavy atom. The predicted octanol–water partition coefficient (Wildman–Crippen LogP) is 0.599. The molecule has 0 N–H and O–H groups in total. The van der Waals surface area contributed by atoms with Crippen LogP contribution in [0, 0.1) is 0 Å². The normalized spacial score (nSPS) is 13.1. The molecule has 0 saturated heterocycles. The third-order valence-electron chi connectivity index (χ3n) is 1.67. The number of carbonyl (C=O) groups excluding carboxylic acids is 3. The van der Waals surface area contributed by atoms with Gasteiger partial charge in [-0.25, -0.2) is 0 Å². The van der Waals surface area contributed by atoms with Crippen LogP contribution in [-0.4, -0.2) is 36.7 Å². The zero-order valence-electron chi connectivity index (χ0n) is 10.1. The van der Waals surface area contributed by atoms with Gasteiger partial charge >= 0.3 is 17.9 Å². The van der Waals surface area contributed by atoms with Gasteiger partial charge in [-0.1, -0.05) is 6.58 Å². The number of ether oxygens (including phenoxy) is 3. The van der Waals surface area contributed by atoms with Gasteiger partial charge in [0.15, 0.2) is 12.2 Å². The van der Waals surface area contributed by atoms with Crippen molar-refractivity contribution >= 4 is 17.9 Å². The maximum Gasteiger partial charge on any atom is 0.303 e. The molecule has 17 heavy (non-hydrogen) atoms. The summed E-state index contributed by atoms with van der Waals surface area (Å²) in [5, 5.41) is 0. The Labute approximate surface area is 99.5 Å². The summed E-state index contributed by atoms with van der Waals surface area (Å²) in [6, 6.07) is 0. The maximum atomic E-state index is 10.9. The Hall–Kier alpha value is -1.85. The van der Waals surface area contributed by atoms with Crippen molar-refractivity contribution in [2.24, 2.45) is 0 Å². The second-order valence-electron chi connectivity index (χ2n) is 3.26. The summed E-state index contributed by atoms with van der Waals surface area (Å²) >= 11 is 0. The van der Waals surface area contributed by atoms with Gasteiger partial charge in [0.1, 0.15) is 6.61 Å². The molecular formula is C11H16O6. The second-order valence-corrected chi connectivity index (χ2v) is 3.26. The van der Waals surface area contributed by atoms with E-state index in [-0.39, 0.29) is 6.61 Å². The Morgan fingerprint density at radius 3 is 1.94 bits per heavy atom. The van der Waals surface area contributed by atoms with E-state index in [4.69, 9.17) is 14.2 Å². The zero-order chi connectivity index (χ0) is 13.4. The molecule has 0 fully saturated rings. The van der Waals surface area contributed by atoms with E-state index in [1.165, 1.54) is 26.8 Å². The lowest BCUT2D eigenvalue weighted by molar-refractivity contribution is -0.169. The van der Waals surface area contributed by atoms with Crippen molar-refractivity contribution in [2.45, 2.75) is 33.0 Å². The molecular weight excluding hydrogens is 228 g/mol. The molecule has 0 saturated carbocycles. The van der Waals surface area contributed by atoms with Crippen LogP contribution in [0.3, 0.4) is 0 Å². The lowest BCUT2D eigenvalue weighted by atomic mass is 10.2. The number of carbonyl (C=O) groups is 3. The van der Waals surface area contributed by atoms with Crippen LogP contribution in [0.1, 0.15) is 20.8 Å². The Morgan fingerprint density at radius 1 is 1.06 bits per heavy atom. The van der Waals surface area contributed by atoms with Crippen molar-refractivity contribution in [1.82, 2.24) is 0 Å². The van der Waals surface area contributed by atoms with E-state index < -0.39 is 30.1 Å². The highest BCUT2D eigenvalue weighted by molar-refractivity contribution is 5.68. The molecule has 0 rings (SSSR count). The van der Waals surface area contributed by atoms with E-state index >= 15 is 0 Å². The molecule has 0 heterocycles. The van der Waals surface area contributed by atoms with E-state index in [1.54, 1.807) is 0 Å². The molecule has 0 aromatic carbocycles. The van der Waals surface area contributed by atoms with Crippen LogP contribution >= 0.6 is 0 Å². The summed E-state index contributed by atoms with van der Waals surface area (Å²) < 4.78 is 14.5. The average Bonchev–Trinajstić information content (AvgIpc) is 2.20. The maximum absolute atomic E-state index is 10.9. The van der Waals surface area contributed by atoms with Crippen molar-refractivity contribution in [1.29, 1.82) is 0 Å². The molecule has 0 spiro atoms. The minimum Gasteiger partial charge on any atom is -0.462 e. The van der Waals surface area contributed by atoms with Gasteiger partial charge in [-0.05, 0) is 6.08 Å². The van der Waals surface area contributed by atoms with Crippen molar-refractivity contribution in [3.63, 3.8) is 0 Å². The number of hydrogen-bond acceptors (Lipinski definition) is 6. The monoisotopic (exact) mass is 244 g/mol. The van der Waals surface area contributed by atoms with Gasteiger partial charge in [0.25, 0.3) is 0 Å². The van der Waals surface area contributed by atoms with E-state index in [2.05, 4.69) is 6.58 Å². The van der Waals surface area contributed by atoms with Crippen molar-refractivity contribution in [3.8, 4) is 0 Å². The molecule has 0 aliphatic rings. The Balaban J connectivity index is 4.60. The lowest BCUT2D eigenvalue weighted by Crippen LogP contribution is -2.37. The summed E-state index contributed by atoms with van der Waals surface area (Å²) in [5.74, 6) is -1.64. The van der Waals surface area contributed by atoms with E-state index in [0.29, 0.717) is 0 Å². The minimum absolute atomic E-state index is 0.196. The van der Waals surface area contributed by atoms with Gasteiger partial charge < -0.3 is 14.2 Å². The number of hydrogen-bond donors (Lipinski definition) is 0. The topological polar surface area (TPSA) is 78.9 Å². The van der Waals surface area contributed by atoms with Crippen LogP contribution in [0.2, 0.25) is 0 Å². The van der Waals surface area contributed by atoms with Gasteiger partial charge in [0.2, 0.25) is 0 Å². The van der Waals surface area contributed by atoms with Gasteiger partial charge in [-0.2, -0.15) is 0 Å². The highest BCUT2D eigenvalue weighted by atomic mass is 16.6. The molecule has 0 aliphatic heterocycles. The highest BCUT2D eigenvalue weighted by Gasteiger charge is 2.25. The zero-order valence-corrected chi connectivity index (χ0v) is 10.1. The van der Waals surface area contributed by atoms with Gasteiger partial charge in [-0.3, -0.25) is 14.4 Å². The first kappa shape index (κ1) is 15.2. The molecule has 2 atom stereocenters. The van der Waals surface area contributed by atoms with Crippen molar-refractivity contribution < 1.29 is 28.6 Å². The first-order valence-corrected chi connectivity index (χ1v) is 4.97. The summed E-state index contributed by atoms with van der Waals surface area (Å²) in [6.07, 6.45) is -0.438. The first-order chi connectivity index (χ1) is 7.86. The van der Waals surface area contributed by atoms with Gasteiger partial charge in [0, 0.05) is 20.8 Å². The SMILES string of the molecule is C=CC(OC(C)=O)C(COC(C)=O)OC(C)=O. The van der Waals surface area contributed by atoms with Crippen LogP contribution in [0.5, 0.6) is 0 Å². The minimum atomic E-state index is -0.891. The molecule has 0 amide bonds. The van der Waals surface area contributed by atoms with Crippen LogP contribution in [0.25, 0.3) is 0 Å². The van der Waals surface area contributed by atoms with Crippen molar-refractivity contribution in [2.75, 3.05) is 6.61 Å². The molecule has 96 valence electrons.